The molecule has 0 spiro atoms. The molecular weight excluding hydrogens is 282 g/mol. The molecule has 0 aliphatic rings. The molecule has 0 aliphatic heterocycles. The number of halogens is 1. The molecule has 1 heterocycles. The molecule has 4 N–H and O–H groups in total. The first-order valence-corrected chi connectivity index (χ1v) is 5.81. The Hall–Kier alpha value is -1.66. The standard InChI is InChI=1S/C11H12BrN5/c1-7-2-4-8(5-3-7)15-10-9(12)6-14-11(16-10)17-13/h2-6H,13H2,1H3,(H2,14,15,16,17). The van der Waals surface area contributed by atoms with Gasteiger partial charge >= 0.3 is 0 Å². The van der Waals surface area contributed by atoms with Crippen LogP contribution in [0.1, 0.15) is 5.56 Å². The first-order chi connectivity index (χ1) is 8.19. The molecule has 0 atom stereocenters. The molecule has 1 aromatic heterocycles. The Balaban J connectivity index is 2.25. The van der Waals surface area contributed by atoms with E-state index in [0.717, 1.165) is 10.2 Å². The third kappa shape index (κ3) is 2.92. The molecule has 6 heteroatoms. The lowest BCUT2D eigenvalue weighted by molar-refractivity contribution is 1.11. The first kappa shape index (κ1) is 11.8. The number of aryl methyl sites for hydroxylation is 1. The first-order valence-electron chi connectivity index (χ1n) is 5.02. The maximum Gasteiger partial charge on any atom is 0.239 e. The quantitative estimate of drug-likeness (QED) is 0.599. The van der Waals surface area contributed by atoms with Crippen molar-refractivity contribution in [3.05, 3.63) is 40.5 Å². The van der Waals surface area contributed by atoms with Gasteiger partial charge in [0.05, 0.1) is 4.47 Å². The Bertz CT molecular complexity index is 512. The van der Waals surface area contributed by atoms with Crippen LogP contribution in [-0.4, -0.2) is 9.97 Å². The fraction of sp³-hybridized carbons (Fsp3) is 0.0909. The fourth-order valence-electron chi connectivity index (χ4n) is 1.30. The summed E-state index contributed by atoms with van der Waals surface area (Å²) in [6.07, 6.45) is 1.64. The lowest BCUT2D eigenvalue weighted by atomic mass is 10.2. The monoisotopic (exact) mass is 293 g/mol. The second-order valence-electron chi connectivity index (χ2n) is 3.53. The molecule has 0 aliphatic carbocycles. The van der Waals surface area contributed by atoms with E-state index in [1.54, 1.807) is 6.20 Å². The second kappa shape index (κ2) is 5.11. The number of hydrazine groups is 1. The molecule has 5 nitrogen and oxygen atoms in total. The molecule has 2 aromatic rings. The average molecular weight is 294 g/mol. The zero-order valence-electron chi connectivity index (χ0n) is 9.24. The van der Waals surface area contributed by atoms with Gasteiger partial charge in [-0.15, -0.1) is 0 Å². The highest BCUT2D eigenvalue weighted by molar-refractivity contribution is 9.10. The highest BCUT2D eigenvalue weighted by atomic mass is 79.9. The van der Waals surface area contributed by atoms with E-state index in [0.29, 0.717) is 11.8 Å². The van der Waals surface area contributed by atoms with Crippen molar-refractivity contribution in [2.24, 2.45) is 5.84 Å². The molecule has 0 fully saturated rings. The predicted octanol–water partition coefficient (Wildman–Crippen LogP) is 2.58. The van der Waals surface area contributed by atoms with Crippen LogP contribution in [0.15, 0.2) is 34.9 Å². The van der Waals surface area contributed by atoms with Crippen molar-refractivity contribution in [1.82, 2.24) is 9.97 Å². The van der Waals surface area contributed by atoms with Crippen molar-refractivity contribution >= 4 is 33.4 Å². The number of nitrogens with one attached hydrogen (secondary N) is 2. The topological polar surface area (TPSA) is 75.9 Å². The number of nitrogens with two attached hydrogens (primary N) is 1. The number of aromatic nitrogens is 2. The second-order valence-corrected chi connectivity index (χ2v) is 4.38. The number of rotatable bonds is 3. The van der Waals surface area contributed by atoms with Gasteiger partial charge < -0.3 is 5.32 Å². The van der Waals surface area contributed by atoms with Crippen LogP contribution in [0.3, 0.4) is 0 Å². The molecule has 17 heavy (non-hydrogen) atoms. The van der Waals surface area contributed by atoms with E-state index in [2.05, 4.69) is 36.6 Å². The van der Waals surface area contributed by atoms with Crippen LogP contribution in [0.25, 0.3) is 0 Å². The van der Waals surface area contributed by atoms with Gasteiger partial charge in [0.25, 0.3) is 0 Å². The summed E-state index contributed by atoms with van der Waals surface area (Å²) in [6, 6.07) is 8.03. The molecule has 2 rings (SSSR count). The highest BCUT2D eigenvalue weighted by Crippen LogP contribution is 2.23. The summed E-state index contributed by atoms with van der Waals surface area (Å²) in [5, 5.41) is 3.18. The number of anilines is 3. The van der Waals surface area contributed by atoms with Crippen molar-refractivity contribution in [2.75, 3.05) is 10.7 Å². The smallest absolute Gasteiger partial charge is 0.239 e. The summed E-state index contributed by atoms with van der Waals surface area (Å²) in [6.45, 7) is 2.04. The maximum absolute atomic E-state index is 5.26. The van der Waals surface area contributed by atoms with Crippen LogP contribution in [0, 0.1) is 6.92 Å². The summed E-state index contributed by atoms with van der Waals surface area (Å²) < 4.78 is 0.775. The Kier molecular flexibility index (Phi) is 3.55. The summed E-state index contributed by atoms with van der Waals surface area (Å²) in [4.78, 5) is 8.18. The molecule has 0 saturated carbocycles. The predicted molar refractivity (Wildman–Crippen MR) is 72.0 cm³/mol. The SMILES string of the molecule is Cc1ccc(Nc2nc(NN)ncc2Br)cc1. The number of nitrogens with zero attached hydrogens (tertiary/aromatic N) is 2. The van der Waals surface area contributed by atoms with E-state index in [1.807, 2.05) is 31.2 Å². The van der Waals surface area contributed by atoms with Gasteiger partial charge in [-0.05, 0) is 35.0 Å². The molecule has 0 saturated heterocycles. The molecule has 88 valence electrons. The van der Waals surface area contributed by atoms with Crippen LogP contribution in [0.5, 0.6) is 0 Å². The lowest BCUT2D eigenvalue weighted by Crippen LogP contribution is -2.11. The lowest BCUT2D eigenvalue weighted by Gasteiger charge is -2.08. The maximum atomic E-state index is 5.26. The number of hydrogen-bond donors (Lipinski definition) is 3. The van der Waals surface area contributed by atoms with Crippen LogP contribution < -0.4 is 16.6 Å². The Labute approximate surface area is 108 Å². The zero-order chi connectivity index (χ0) is 12.3. The van der Waals surface area contributed by atoms with Gasteiger partial charge in [0, 0.05) is 11.9 Å². The number of nitrogen functional groups attached to an aromatic ring is 1. The molecule has 0 unspecified atom stereocenters. The van der Waals surface area contributed by atoms with Gasteiger partial charge in [-0.2, -0.15) is 4.98 Å². The number of hydrogen-bond acceptors (Lipinski definition) is 5. The summed E-state index contributed by atoms with van der Waals surface area (Å²) >= 11 is 3.38. The Morgan fingerprint density at radius 1 is 1.24 bits per heavy atom. The largest absolute Gasteiger partial charge is 0.339 e. The molecular formula is C11H12BrN5. The molecule has 0 amide bonds. The van der Waals surface area contributed by atoms with Crippen molar-refractivity contribution in [1.29, 1.82) is 0 Å². The van der Waals surface area contributed by atoms with Crippen LogP contribution in [0.4, 0.5) is 17.5 Å². The third-order valence-corrected chi connectivity index (χ3v) is 2.77. The zero-order valence-corrected chi connectivity index (χ0v) is 10.8. The Morgan fingerprint density at radius 3 is 2.59 bits per heavy atom. The van der Waals surface area contributed by atoms with E-state index in [1.165, 1.54) is 5.56 Å². The van der Waals surface area contributed by atoms with E-state index in [9.17, 15) is 0 Å². The summed E-state index contributed by atoms with van der Waals surface area (Å²) in [7, 11) is 0. The fourth-order valence-corrected chi connectivity index (χ4v) is 1.59. The van der Waals surface area contributed by atoms with Crippen LogP contribution in [0.2, 0.25) is 0 Å². The van der Waals surface area contributed by atoms with Crippen LogP contribution >= 0.6 is 15.9 Å². The normalized spacial score (nSPS) is 10.1. The summed E-state index contributed by atoms with van der Waals surface area (Å²) in [5.41, 5.74) is 4.57. The van der Waals surface area contributed by atoms with Crippen molar-refractivity contribution in [2.45, 2.75) is 6.92 Å². The van der Waals surface area contributed by atoms with Gasteiger partial charge in [0.1, 0.15) is 5.82 Å². The minimum atomic E-state index is 0.364. The minimum Gasteiger partial charge on any atom is -0.339 e. The Morgan fingerprint density at radius 2 is 1.94 bits per heavy atom. The van der Waals surface area contributed by atoms with Gasteiger partial charge in [-0.3, -0.25) is 5.43 Å². The van der Waals surface area contributed by atoms with Gasteiger partial charge in [0.2, 0.25) is 5.95 Å². The van der Waals surface area contributed by atoms with E-state index < -0.39 is 0 Å². The van der Waals surface area contributed by atoms with Crippen molar-refractivity contribution in [3.8, 4) is 0 Å². The highest BCUT2D eigenvalue weighted by Gasteiger charge is 2.04. The molecule has 1 aromatic carbocycles. The average Bonchev–Trinajstić information content (AvgIpc) is 2.35. The van der Waals surface area contributed by atoms with E-state index in [-0.39, 0.29) is 0 Å². The number of benzene rings is 1. The van der Waals surface area contributed by atoms with Gasteiger partial charge in [-0.1, -0.05) is 17.7 Å². The van der Waals surface area contributed by atoms with Crippen molar-refractivity contribution < 1.29 is 0 Å². The van der Waals surface area contributed by atoms with E-state index in [4.69, 9.17) is 5.84 Å². The molecule has 0 bridgehead atoms. The molecule has 0 radical (unpaired) electrons. The third-order valence-electron chi connectivity index (χ3n) is 2.19. The van der Waals surface area contributed by atoms with E-state index >= 15 is 0 Å². The minimum absolute atomic E-state index is 0.364. The van der Waals surface area contributed by atoms with Gasteiger partial charge in [-0.25, -0.2) is 10.8 Å². The van der Waals surface area contributed by atoms with Gasteiger partial charge in [0.15, 0.2) is 0 Å². The van der Waals surface area contributed by atoms with Crippen LogP contribution in [-0.2, 0) is 0 Å². The van der Waals surface area contributed by atoms with Crippen molar-refractivity contribution in [3.63, 3.8) is 0 Å². The summed E-state index contributed by atoms with van der Waals surface area (Å²) in [5.74, 6) is 6.29.